The number of thioether (sulfide) groups is 1. The first-order valence-corrected chi connectivity index (χ1v) is 9.61. The number of alkyl carbamates (subject to hydrolysis) is 1. The van der Waals surface area contributed by atoms with Crippen LogP contribution in [0.4, 0.5) is 4.79 Å². The number of carbonyl (C=O) groups excluding carboxylic acids is 2. The third-order valence-electron chi connectivity index (χ3n) is 3.27. The summed E-state index contributed by atoms with van der Waals surface area (Å²) in [5.74, 6) is 0.501. The molecule has 0 aliphatic rings. The van der Waals surface area contributed by atoms with Gasteiger partial charge in [0, 0.05) is 37.8 Å². The molecule has 0 saturated heterocycles. The Morgan fingerprint density at radius 1 is 1.32 bits per heavy atom. The third kappa shape index (κ3) is 7.15. The average Bonchev–Trinajstić information content (AvgIpc) is 3.12. The first kappa shape index (κ1) is 19.3. The molecule has 0 saturated carbocycles. The second-order valence-electron chi connectivity index (χ2n) is 5.50. The number of amides is 2. The van der Waals surface area contributed by atoms with Crippen LogP contribution in [0, 0.1) is 0 Å². The quantitative estimate of drug-likeness (QED) is 0.714. The van der Waals surface area contributed by atoms with E-state index in [9.17, 15) is 9.59 Å². The zero-order valence-electron chi connectivity index (χ0n) is 14.2. The van der Waals surface area contributed by atoms with Gasteiger partial charge in [0.2, 0.25) is 5.91 Å². The van der Waals surface area contributed by atoms with E-state index in [1.54, 1.807) is 20.3 Å². The van der Waals surface area contributed by atoms with Gasteiger partial charge in [-0.1, -0.05) is 42.1 Å². The van der Waals surface area contributed by atoms with Crippen LogP contribution in [0.5, 0.6) is 0 Å². The van der Waals surface area contributed by atoms with Gasteiger partial charge in [0.1, 0.15) is 10.9 Å². The fourth-order valence-corrected chi connectivity index (χ4v) is 3.61. The lowest BCUT2D eigenvalue weighted by Crippen LogP contribution is -2.40. The number of thiazole rings is 1. The average molecular weight is 380 g/mol. The number of benzene rings is 1. The number of hydrogen-bond donors (Lipinski definition) is 1. The lowest BCUT2D eigenvalue weighted by molar-refractivity contribution is -0.129. The number of hydrogen-bond acceptors (Lipinski definition) is 6. The Balaban J connectivity index is 1.86. The topological polar surface area (TPSA) is 71.5 Å². The van der Waals surface area contributed by atoms with E-state index in [1.165, 1.54) is 28.0 Å². The lowest BCUT2D eigenvalue weighted by Gasteiger charge is -2.19. The van der Waals surface area contributed by atoms with E-state index in [1.807, 2.05) is 35.7 Å². The summed E-state index contributed by atoms with van der Waals surface area (Å²) in [6.45, 7) is 0.195. The summed E-state index contributed by atoms with van der Waals surface area (Å²) >= 11 is 3.04. The first-order valence-electron chi connectivity index (χ1n) is 7.74. The van der Waals surface area contributed by atoms with Crippen LogP contribution < -0.4 is 5.32 Å². The molecule has 0 unspecified atom stereocenters. The highest BCUT2D eigenvalue weighted by molar-refractivity contribution is 8.01. The van der Waals surface area contributed by atoms with Gasteiger partial charge in [-0.2, -0.15) is 0 Å². The van der Waals surface area contributed by atoms with E-state index in [4.69, 9.17) is 4.74 Å². The molecule has 2 rings (SSSR count). The number of carbonyl (C=O) groups is 2. The molecule has 25 heavy (non-hydrogen) atoms. The molecule has 0 bridgehead atoms. The van der Waals surface area contributed by atoms with E-state index in [2.05, 4.69) is 10.3 Å². The maximum atomic E-state index is 12.1. The number of rotatable bonds is 8. The van der Waals surface area contributed by atoms with Crippen LogP contribution in [0.15, 0.2) is 46.2 Å². The van der Waals surface area contributed by atoms with Crippen LogP contribution in [-0.4, -0.2) is 47.8 Å². The lowest BCUT2D eigenvalue weighted by atomic mass is 10.2. The number of nitrogens with one attached hydrogen (secondary N) is 1. The Hall–Kier alpha value is -2.06. The van der Waals surface area contributed by atoms with Crippen molar-refractivity contribution in [1.29, 1.82) is 0 Å². The zero-order chi connectivity index (χ0) is 18.1. The molecule has 0 radical (unpaired) electrons. The van der Waals surface area contributed by atoms with Crippen LogP contribution >= 0.6 is 23.1 Å². The molecule has 1 atom stereocenters. The number of aromatic nitrogens is 1. The predicted octanol–water partition coefficient (Wildman–Crippen LogP) is 3.01. The van der Waals surface area contributed by atoms with Crippen molar-refractivity contribution in [2.24, 2.45) is 0 Å². The van der Waals surface area contributed by atoms with Crippen molar-refractivity contribution in [3.05, 3.63) is 47.5 Å². The van der Waals surface area contributed by atoms with Gasteiger partial charge in [0.15, 0.2) is 0 Å². The van der Waals surface area contributed by atoms with Gasteiger partial charge in [-0.3, -0.25) is 4.79 Å². The molecule has 2 aromatic rings. The van der Waals surface area contributed by atoms with Crippen molar-refractivity contribution in [1.82, 2.24) is 15.2 Å². The molecule has 1 heterocycles. The van der Waals surface area contributed by atoms with E-state index >= 15 is 0 Å². The van der Waals surface area contributed by atoms with Crippen molar-refractivity contribution >= 4 is 35.1 Å². The second-order valence-corrected chi connectivity index (χ2v) is 7.67. The minimum absolute atomic E-state index is 0.0481. The minimum atomic E-state index is -0.528. The van der Waals surface area contributed by atoms with E-state index in [0.29, 0.717) is 5.75 Å². The summed E-state index contributed by atoms with van der Waals surface area (Å²) in [4.78, 5) is 29.8. The normalized spacial score (nSPS) is 11.6. The fraction of sp³-hybridized carbons (Fsp3) is 0.353. The van der Waals surface area contributed by atoms with Gasteiger partial charge in [-0.25, -0.2) is 9.78 Å². The van der Waals surface area contributed by atoms with E-state index in [0.717, 1.165) is 9.90 Å². The Morgan fingerprint density at radius 3 is 2.72 bits per heavy atom. The van der Waals surface area contributed by atoms with Crippen LogP contribution in [0.2, 0.25) is 0 Å². The third-order valence-corrected chi connectivity index (χ3v) is 5.40. The van der Waals surface area contributed by atoms with Crippen molar-refractivity contribution in [2.45, 2.75) is 23.4 Å². The smallest absolute Gasteiger partial charge is 0.407 e. The summed E-state index contributed by atoms with van der Waals surface area (Å²) in [6, 6.07) is 9.13. The summed E-state index contributed by atoms with van der Waals surface area (Å²) in [7, 11) is 3.39. The second kappa shape index (κ2) is 10.0. The SMILES string of the molecule is CN(C)C(=O)C[C@H](CSc1nccs1)NC(=O)OCc1ccccc1. The van der Waals surface area contributed by atoms with Crippen LogP contribution in [-0.2, 0) is 16.1 Å². The molecule has 0 fully saturated rings. The Bertz CT molecular complexity index is 663. The first-order chi connectivity index (χ1) is 12.0. The molecule has 8 heteroatoms. The van der Waals surface area contributed by atoms with Gasteiger partial charge in [-0.15, -0.1) is 11.3 Å². The Labute approximate surface area is 155 Å². The molecule has 1 N–H and O–H groups in total. The highest BCUT2D eigenvalue weighted by atomic mass is 32.2. The standard InChI is InChI=1S/C17H21N3O3S2/c1-20(2)15(21)10-14(12-25-17-18-8-9-24-17)19-16(22)23-11-13-6-4-3-5-7-13/h3-9,14H,10-12H2,1-2H3,(H,19,22)/t14-/m1/s1. The van der Waals surface area contributed by atoms with Crippen molar-refractivity contribution in [3.63, 3.8) is 0 Å². The molecule has 0 spiro atoms. The van der Waals surface area contributed by atoms with Crippen molar-refractivity contribution < 1.29 is 14.3 Å². The molecule has 0 aliphatic heterocycles. The number of ether oxygens (including phenoxy) is 1. The maximum Gasteiger partial charge on any atom is 0.407 e. The van der Waals surface area contributed by atoms with Crippen LogP contribution in [0.25, 0.3) is 0 Å². The molecule has 1 aromatic carbocycles. The Morgan fingerprint density at radius 2 is 2.08 bits per heavy atom. The predicted molar refractivity (Wildman–Crippen MR) is 99.7 cm³/mol. The van der Waals surface area contributed by atoms with Gasteiger partial charge in [0.05, 0.1) is 6.04 Å². The van der Waals surface area contributed by atoms with Crippen molar-refractivity contribution in [2.75, 3.05) is 19.8 Å². The molecule has 0 aliphatic carbocycles. The van der Waals surface area contributed by atoms with E-state index < -0.39 is 6.09 Å². The van der Waals surface area contributed by atoms with E-state index in [-0.39, 0.29) is 25.0 Å². The maximum absolute atomic E-state index is 12.1. The van der Waals surface area contributed by atoms with Gasteiger partial charge < -0.3 is 15.0 Å². The van der Waals surface area contributed by atoms with Crippen LogP contribution in [0.1, 0.15) is 12.0 Å². The Kier molecular flexibility index (Phi) is 7.75. The largest absolute Gasteiger partial charge is 0.445 e. The molecule has 6 nitrogen and oxygen atoms in total. The molecule has 2 amide bonds. The fourth-order valence-electron chi connectivity index (χ4n) is 1.93. The zero-order valence-corrected chi connectivity index (χ0v) is 15.8. The van der Waals surface area contributed by atoms with Crippen molar-refractivity contribution in [3.8, 4) is 0 Å². The summed E-state index contributed by atoms with van der Waals surface area (Å²) in [6.07, 6.45) is 1.42. The van der Waals surface area contributed by atoms with Gasteiger partial charge in [0.25, 0.3) is 0 Å². The summed E-state index contributed by atoms with van der Waals surface area (Å²) < 4.78 is 6.14. The summed E-state index contributed by atoms with van der Waals surface area (Å²) in [5, 5.41) is 4.68. The number of nitrogens with zero attached hydrogens (tertiary/aromatic N) is 2. The van der Waals surface area contributed by atoms with Gasteiger partial charge in [-0.05, 0) is 5.56 Å². The minimum Gasteiger partial charge on any atom is -0.445 e. The van der Waals surface area contributed by atoms with Gasteiger partial charge >= 0.3 is 6.09 Å². The molecular weight excluding hydrogens is 358 g/mol. The monoisotopic (exact) mass is 379 g/mol. The highest BCUT2D eigenvalue weighted by Crippen LogP contribution is 2.21. The summed E-state index contributed by atoms with van der Waals surface area (Å²) in [5.41, 5.74) is 0.913. The molecular formula is C17H21N3O3S2. The molecule has 1 aromatic heterocycles. The highest BCUT2D eigenvalue weighted by Gasteiger charge is 2.19. The van der Waals surface area contributed by atoms with Crippen LogP contribution in [0.3, 0.4) is 0 Å². The molecule has 134 valence electrons.